The van der Waals surface area contributed by atoms with Gasteiger partial charge < -0.3 is 15.7 Å². The Morgan fingerprint density at radius 2 is 1.95 bits per heavy atom. The summed E-state index contributed by atoms with van der Waals surface area (Å²) in [6.45, 7) is -0.432. The molecule has 0 aliphatic heterocycles. The van der Waals surface area contributed by atoms with Crippen molar-refractivity contribution in [2.24, 2.45) is 0 Å². The lowest BCUT2D eigenvalue weighted by atomic mass is 10.3. The van der Waals surface area contributed by atoms with Crippen molar-refractivity contribution in [1.29, 1.82) is 0 Å². The van der Waals surface area contributed by atoms with E-state index in [1.54, 1.807) is 0 Å². The summed E-state index contributed by atoms with van der Waals surface area (Å²) in [5, 5.41) is 12.6. The second kappa shape index (κ2) is 6.14. The van der Waals surface area contributed by atoms with E-state index in [1.807, 2.05) is 0 Å². The van der Waals surface area contributed by atoms with Crippen molar-refractivity contribution in [3.05, 3.63) is 24.0 Å². The van der Waals surface area contributed by atoms with Crippen LogP contribution in [0.2, 0.25) is 0 Å². The lowest BCUT2D eigenvalue weighted by Crippen LogP contribution is -2.36. The molecule has 0 saturated carbocycles. The molecule has 0 aliphatic carbocycles. The van der Waals surface area contributed by atoms with Gasteiger partial charge in [0.25, 0.3) is 0 Å². The molecule has 9 heteroatoms. The topological polar surface area (TPSA) is 91.3 Å². The van der Waals surface area contributed by atoms with E-state index < -0.39 is 23.7 Å². The third-order valence-corrected chi connectivity index (χ3v) is 1.92. The Labute approximate surface area is 105 Å². The van der Waals surface area contributed by atoms with Gasteiger partial charge in [-0.15, -0.1) is 0 Å². The Bertz CT molecular complexity index is 459. The van der Waals surface area contributed by atoms with Crippen molar-refractivity contribution >= 4 is 17.5 Å². The summed E-state index contributed by atoms with van der Waals surface area (Å²) in [5.41, 5.74) is -1.15. The average molecular weight is 277 g/mol. The number of nitrogens with one attached hydrogen (secondary N) is 2. The van der Waals surface area contributed by atoms with Crippen LogP contribution in [0.4, 0.5) is 18.9 Å². The van der Waals surface area contributed by atoms with Crippen LogP contribution < -0.4 is 10.6 Å². The molecule has 1 rings (SSSR count). The predicted octanol–water partition coefficient (Wildman–Crippen LogP) is 0.147. The first-order valence-electron chi connectivity index (χ1n) is 5.08. The van der Waals surface area contributed by atoms with Crippen LogP contribution >= 0.6 is 0 Å². The first-order chi connectivity index (χ1) is 8.84. The molecule has 1 heterocycles. The molecule has 104 valence electrons. The zero-order valence-corrected chi connectivity index (χ0v) is 9.49. The number of carbonyl (C=O) groups excluding carboxylic acids is 2. The number of aliphatic hydroxyl groups excluding tert-OH is 1. The first-order valence-corrected chi connectivity index (χ1v) is 5.08. The number of hydrogen-bond acceptors (Lipinski definition) is 4. The normalized spacial score (nSPS) is 10.9. The first kappa shape index (κ1) is 14.9. The fourth-order valence-corrected chi connectivity index (χ4v) is 1.07. The Kier molecular flexibility index (Phi) is 4.81. The van der Waals surface area contributed by atoms with Gasteiger partial charge in [0.15, 0.2) is 0 Å². The number of nitrogens with zero attached hydrogens (tertiary/aromatic N) is 1. The van der Waals surface area contributed by atoms with E-state index in [2.05, 4.69) is 15.6 Å². The van der Waals surface area contributed by atoms with Crippen LogP contribution in [0.25, 0.3) is 0 Å². The van der Waals surface area contributed by atoms with Gasteiger partial charge in [-0.1, -0.05) is 0 Å². The molecule has 2 amide bonds. The van der Waals surface area contributed by atoms with Crippen molar-refractivity contribution in [2.45, 2.75) is 6.18 Å². The molecule has 0 aromatic carbocycles. The van der Waals surface area contributed by atoms with E-state index in [-0.39, 0.29) is 18.8 Å². The SMILES string of the molecule is O=C(NCCO)C(=O)Nc1ccc(C(F)(F)F)nc1. The third kappa shape index (κ3) is 4.54. The maximum Gasteiger partial charge on any atom is 0.433 e. The lowest BCUT2D eigenvalue weighted by Gasteiger charge is -2.07. The van der Waals surface area contributed by atoms with Gasteiger partial charge in [0, 0.05) is 6.54 Å². The minimum absolute atomic E-state index is 0.0443. The predicted molar refractivity (Wildman–Crippen MR) is 58.0 cm³/mol. The highest BCUT2D eigenvalue weighted by Gasteiger charge is 2.32. The zero-order chi connectivity index (χ0) is 14.5. The van der Waals surface area contributed by atoms with Crippen LogP contribution in [0.1, 0.15) is 5.69 Å². The number of amides is 2. The summed E-state index contributed by atoms with van der Waals surface area (Å²) >= 11 is 0. The summed E-state index contributed by atoms with van der Waals surface area (Å²) < 4.78 is 36.6. The van der Waals surface area contributed by atoms with Gasteiger partial charge in [0.05, 0.1) is 18.5 Å². The number of halogens is 3. The molecule has 0 fully saturated rings. The van der Waals surface area contributed by atoms with Crippen molar-refractivity contribution < 1.29 is 27.9 Å². The minimum Gasteiger partial charge on any atom is -0.395 e. The van der Waals surface area contributed by atoms with Gasteiger partial charge >= 0.3 is 18.0 Å². The fraction of sp³-hybridized carbons (Fsp3) is 0.300. The molecule has 0 bridgehead atoms. The Hall–Kier alpha value is -2.16. The fourth-order valence-electron chi connectivity index (χ4n) is 1.07. The van der Waals surface area contributed by atoms with Gasteiger partial charge in [-0.05, 0) is 12.1 Å². The molecule has 0 atom stereocenters. The summed E-state index contributed by atoms with van der Waals surface area (Å²) in [5.74, 6) is -2.07. The van der Waals surface area contributed by atoms with Gasteiger partial charge in [-0.25, -0.2) is 4.98 Å². The van der Waals surface area contributed by atoms with E-state index in [1.165, 1.54) is 0 Å². The zero-order valence-electron chi connectivity index (χ0n) is 9.49. The molecular formula is C10H10F3N3O3. The highest BCUT2D eigenvalue weighted by molar-refractivity contribution is 6.39. The molecule has 0 aliphatic rings. The standard InChI is InChI=1S/C10H10F3N3O3/c11-10(12,13)7-2-1-6(5-15-7)16-9(19)8(18)14-3-4-17/h1-2,5,17H,3-4H2,(H,14,18)(H,16,19). The van der Waals surface area contributed by atoms with E-state index in [4.69, 9.17) is 5.11 Å². The number of hydrogen-bond donors (Lipinski definition) is 3. The van der Waals surface area contributed by atoms with Crippen LogP contribution in [0.3, 0.4) is 0 Å². The number of pyridine rings is 1. The number of rotatable bonds is 3. The Balaban J connectivity index is 2.63. The molecule has 0 saturated heterocycles. The van der Waals surface area contributed by atoms with Gasteiger partial charge in [-0.2, -0.15) is 13.2 Å². The maximum absolute atomic E-state index is 12.2. The molecule has 19 heavy (non-hydrogen) atoms. The van der Waals surface area contributed by atoms with Crippen LogP contribution in [-0.4, -0.2) is 35.1 Å². The van der Waals surface area contributed by atoms with Gasteiger partial charge in [0.2, 0.25) is 0 Å². The summed E-state index contributed by atoms with van der Waals surface area (Å²) in [7, 11) is 0. The van der Waals surface area contributed by atoms with Crippen LogP contribution in [-0.2, 0) is 15.8 Å². The number of carbonyl (C=O) groups is 2. The van der Waals surface area contributed by atoms with Gasteiger partial charge in [0.1, 0.15) is 5.69 Å². The molecular weight excluding hydrogens is 267 g/mol. The molecule has 1 aromatic heterocycles. The molecule has 3 N–H and O–H groups in total. The monoisotopic (exact) mass is 277 g/mol. The Morgan fingerprint density at radius 3 is 2.42 bits per heavy atom. The molecule has 0 radical (unpaired) electrons. The highest BCUT2D eigenvalue weighted by atomic mass is 19.4. The molecule has 6 nitrogen and oxygen atoms in total. The summed E-state index contributed by atoms with van der Waals surface area (Å²) in [6, 6.07) is 1.66. The lowest BCUT2D eigenvalue weighted by molar-refractivity contribution is -0.141. The van der Waals surface area contributed by atoms with Crippen molar-refractivity contribution in [3.8, 4) is 0 Å². The second-order valence-electron chi connectivity index (χ2n) is 3.36. The van der Waals surface area contributed by atoms with Crippen molar-refractivity contribution in [2.75, 3.05) is 18.5 Å². The number of aliphatic hydroxyl groups is 1. The summed E-state index contributed by atoms with van der Waals surface area (Å²) in [4.78, 5) is 25.5. The largest absolute Gasteiger partial charge is 0.433 e. The number of aromatic nitrogens is 1. The second-order valence-corrected chi connectivity index (χ2v) is 3.36. The quantitative estimate of drug-likeness (QED) is 0.686. The molecule has 0 spiro atoms. The number of anilines is 1. The maximum atomic E-state index is 12.2. The van der Waals surface area contributed by atoms with E-state index in [0.717, 1.165) is 12.3 Å². The van der Waals surface area contributed by atoms with E-state index in [0.29, 0.717) is 6.07 Å². The molecule has 0 unspecified atom stereocenters. The van der Waals surface area contributed by atoms with E-state index in [9.17, 15) is 22.8 Å². The van der Waals surface area contributed by atoms with Crippen LogP contribution in [0.5, 0.6) is 0 Å². The Morgan fingerprint density at radius 1 is 1.26 bits per heavy atom. The van der Waals surface area contributed by atoms with Crippen LogP contribution in [0, 0.1) is 0 Å². The van der Waals surface area contributed by atoms with Crippen molar-refractivity contribution in [1.82, 2.24) is 10.3 Å². The van der Waals surface area contributed by atoms with Crippen LogP contribution in [0.15, 0.2) is 18.3 Å². The summed E-state index contributed by atoms with van der Waals surface area (Å²) in [6.07, 6.45) is -3.78. The highest BCUT2D eigenvalue weighted by Crippen LogP contribution is 2.27. The van der Waals surface area contributed by atoms with E-state index >= 15 is 0 Å². The average Bonchev–Trinajstić information content (AvgIpc) is 2.35. The third-order valence-electron chi connectivity index (χ3n) is 1.92. The van der Waals surface area contributed by atoms with Gasteiger partial charge in [-0.3, -0.25) is 9.59 Å². The molecule has 1 aromatic rings. The van der Waals surface area contributed by atoms with Crippen molar-refractivity contribution in [3.63, 3.8) is 0 Å². The number of alkyl halides is 3. The minimum atomic E-state index is -4.57. The smallest absolute Gasteiger partial charge is 0.395 e.